The number of para-hydroxylation sites is 1. The molecule has 0 aliphatic carbocycles. The summed E-state index contributed by atoms with van der Waals surface area (Å²) in [6.07, 6.45) is 3.07. The number of nitrogens with zero attached hydrogens (tertiary/aromatic N) is 2. The molecule has 0 spiro atoms. The van der Waals surface area contributed by atoms with Gasteiger partial charge in [0, 0.05) is 6.20 Å². The Morgan fingerprint density at radius 3 is 2.83 bits per heavy atom. The zero-order chi connectivity index (χ0) is 12.8. The molecule has 0 unspecified atom stereocenters. The van der Waals surface area contributed by atoms with Gasteiger partial charge in [0.1, 0.15) is 6.33 Å². The summed E-state index contributed by atoms with van der Waals surface area (Å²) in [4.78, 5) is 19.8. The first-order valence-electron chi connectivity index (χ1n) is 5.40. The summed E-state index contributed by atoms with van der Waals surface area (Å²) in [6.45, 7) is 0.347. The van der Waals surface area contributed by atoms with Crippen LogP contribution in [0.15, 0.2) is 42.9 Å². The lowest BCUT2D eigenvalue weighted by Gasteiger charge is -2.08. The van der Waals surface area contributed by atoms with Crippen LogP contribution in [0.5, 0.6) is 0 Å². The number of carbonyl (C=O) groups is 1. The van der Waals surface area contributed by atoms with E-state index in [9.17, 15) is 4.79 Å². The highest BCUT2D eigenvalue weighted by molar-refractivity contribution is 5.99. The Morgan fingerprint density at radius 2 is 2.11 bits per heavy atom. The van der Waals surface area contributed by atoms with E-state index in [1.807, 2.05) is 0 Å². The molecule has 0 saturated carbocycles. The number of nitrogen functional groups attached to an aromatic ring is 1. The van der Waals surface area contributed by atoms with Crippen LogP contribution in [0.4, 0.5) is 5.69 Å². The number of hydrogen-bond acceptors (Lipinski definition) is 5. The third kappa shape index (κ3) is 2.80. The Labute approximate surface area is 104 Å². The summed E-state index contributed by atoms with van der Waals surface area (Å²) in [5, 5.41) is 2.77. The number of anilines is 1. The molecule has 0 atom stereocenters. The standard InChI is InChI=1S/C12H13N5O/c13-17-11-4-2-1-3-10(11)12(18)15-7-9-5-6-14-8-16-9/h1-6,8,17H,7,13H2,(H,15,18). The monoisotopic (exact) mass is 243 g/mol. The van der Waals surface area contributed by atoms with Gasteiger partial charge in [-0.05, 0) is 18.2 Å². The van der Waals surface area contributed by atoms with E-state index in [0.29, 0.717) is 17.8 Å². The fourth-order valence-corrected chi connectivity index (χ4v) is 1.50. The van der Waals surface area contributed by atoms with Crippen molar-refractivity contribution in [3.05, 3.63) is 54.1 Å². The van der Waals surface area contributed by atoms with Crippen molar-refractivity contribution in [2.24, 2.45) is 5.84 Å². The highest BCUT2D eigenvalue weighted by atomic mass is 16.1. The summed E-state index contributed by atoms with van der Waals surface area (Å²) in [5.41, 5.74) is 4.31. The Balaban J connectivity index is 2.04. The lowest BCUT2D eigenvalue weighted by atomic mass is 10.1. The second-order valence-electron chi connectivity index (χ2n) is 3.57. The fraction of sp³-hybridized carbons (Fsp3) is 0.0833. The minimum absolute atomic E-state index is 0.206. The number of benzene rings is 1. The van der Waals surface area contributed by atoms with Crippen LogP contribution in [0.2, 0.25) is 0 Å². The number of nitrogens with two attached hydrogens (primary N) is 1. The molecule has 1 amide bonds. The number of carbonyl (C=O) groups excluding carboxylic acids is 1. The molecule has 2 aromatic rings. The summed E-state index contributed by atoms with van der Waals surface area (Å²) >= 11 is 0. The van der Waals surface area contributed by atoms with E-state index in [1.54, 1.807) is 36.5 Å². The van der Waals surface area contributed by atoms with Gasteiger partial charge in [-0.15, -0.1) is 0 Å². The van der Waals surface area contributed by atoms with Crippen molar-refractivity contribution in [2.75, 3.05) is 5.43 Å². The van der Waals surface area contributed by atoms with Crippen LogP contribution in [-0.4, -0.2) is 15.9 Å². The van der Waals surface area contributed by atoms with Crippen molar-refractivity contribution in [1.29, 1.82) is 0 Å². The lowest BCUT2D eigenvalue weighted by Crippen LogP contribution is -2.25. The van der Waals surface area contributed by atoms with Crippen molar-refractivity contribution in [2.45, 2.75) is 6.54 Å². The van der Waals surface area contributed by atoms with Crippen molar-refractivity contribution in [1.82, 2.24) is 15.3 Å². The first kappa shape index (κ1) is 12.0. The van der Waals surface area contributed by atoms with Gasteiger partial charge in [0.2, 0.25) is 0 Å². The Bertz CT molecular complexity index is 529. The largest absolute Gasteiger partial charge is 0.346 e. The predicted octanol–water partition coefficient (Wildman–Crippen LogP) is 0.692. The second-order valence-corrected chi connectivity index (χ2v) is 3.57. The molecular weight excluding hydrogens is 230 g/mol. The Morgan fingerprint density at radius 1 is 1.28 bits per heavy atom. The predicted molar refractivity (Wildman–Crippen MR) is 67.5 cm³/mol. The molecule has 0 aliphatic rings. The molecule has 18 heavy (non-hydrogen) atoms. The van der Waals surface area contributed by atoms with Gasteiger partial charge in [0.25, 0.3) is 5.91 Å². The number of aromatic nitrogens is 2. The van der Waals surface area contributed by atoms with Gasteiger partial charge in [0.15, 0.2) is 0 Å². The van der Waals surface area contributed by atoms with Gasteiger partial charge in [-0.25, -0.2) is 9.97 Å². The lowest BCUT2D eigenvalue weighted by molar-refractivity contribution is 0.0951. The van der Waals surface area contributed by atoms with E-state index in [1.165, 1.54) is 6.33 Å². The van der Waals surface area contributed by atoms with E-state index >= 15 is 0 Å². The van der Waals surface area contributed by atoms with Crippen LogP contribution in [0, 0.1) is 0 Å². The third-order valence-corrected chi connectivity index (χ3v) is 2.40. The van der Waals surface area contributed by atoms with E-state index in [0.717, 1.165) is 5.69 Å². The fourth-order valence-electron chi connectivity index (χ4n) is 1.50. The maximum Gasteiger partial charge on any atom is 0.253 e. The third-order valence-electron chi connectivity index (χ3n) is 2.40. The molecule has 2 rings (SSSR count). The van der Waals surface area contributed by atoms with Gasteiger partial charge in [-0.1, -0.05) is 12.1 Å². The average Bonchev–Trinajstić information content (AvgIpc) is 2.45. The highest BCUT2D eigenvalue weighted by Crippen LogP contribution is 2.13. The Kier molecular flexibility index (Phi) is 3.83. The average molecular weight is 243 g/mol. The molecule has 1 aromatic carbocycles. The Hall–Kier alpha value is -2.47. The normalized spacial score (nSPS) is 9.83. The number of hydrogen-bond donors (Lipinski definition) is 3. The van der Waals surface area contributed by atoms with Crippen LogP contribution >= 0.6 is 0 Å². The van der Waals surface area contributed by atoms with E-state index in [4.69, 9.17) is 5.84 Å². The molecule has 4 N–H and O–H groups in total. The minimum Gasteiger partial charge on any atom is -0.346 e. The second kappa shape index (κ2) is 5.74. The van der Waals surface area contributed by atoms with Gasteiger partial charge in [-0.2, -0.15) is 0 Å². The SMILES string of the molecule is NNc1ccccc1C(=O)NCc1ccncn1. The number of amides is 1. The molecule has 6 heteroatoms. The van der Waals surface area contributed by atoms with E-state index in [2.05, 4.69) is 20.7 Å². The van der Waals surface area contributed by atoms with Crippen molar-refractivity contribution < 1.29 is 4.79 Å². The molecule has 0 fully saturated rings. The summed E-state index contributed by atoms with van der Waals surface area (Å²) < 4.78 is 0. The van der Waals surface area contributed by atoms with Crippen molar-refractivity contribution in [3.8, 4) is 0 Å². The highest BCUT2D eigenvalue weighted by Gasteiger charge is 2.09. The number of rotatable bonds is 4. The van der Waals surface area contributed by atoms with Crippen LogP contribution in [-0.2, 0) is 6.54 Å². The van der Waals surface area contributed by atoms with E-state index in [-0.39, 0.29) is 5.91 Å². The summed E-state index contributed by atoms with van der Waals surface area (Å²) in [7, 11) is 0. The minimum atomic E-state index is -0.206. The molecule has 1 aromatic heterocycles. The molecular formula is C12H13N5O. The molecule has 92 valence electrons. The maximum atomic E-state index is 11.9. The molecule has 0 saturated heterocycles. The summed E-state index contributed by atoms with van der Waals surface area (Å²) in [6, 6.07) is 8.76. The number of hydrazine groups is 1. The van der Waals surface area contributed by atoms with Crippen LogP contribution < -0.4 is 16.6 Å². The van der Waals surface area contributed by atoms with Gasteiger partial charge in [-0.3, -0.25) is 10.6 Å². The first-order chi connectivity index (χ1) is 8.81. The van der Waals surface area contributed by atoms with Crippen molar-refractivity contribution >= 4 is 11.6 Å². The van der Waals surface area contributed by atoms with E-state index < -0.39 is 0 Å². The van der Waals surface area contributed by atoms with Gasteiger partial charge in [0.05, 0.1) is 23.5 Å². The van der Waals surface area contributed by atoms with Gasteiger partial charge >= 0.3 is 0 Å². The molecule has 1 heterocycles. The van der Waals surface area contributed by atoms with Crippen molar-refractivity contribution in [3.63, 3.8) is 0 Å². The van der Waals surface area contributed by atoms with Crippen LogP contribution in [0.25, 0.3) is 0 Å². The van der Waals surface area contributed by atoms with Crippen LogP contribution in [0.3, 0.4) is 0 Å². The quantitative estimate of drug-likeness (QED) is 0.542. The van der Waals surface area contributed by atoms with Crippen LogP contribution in [0.1, 0.15) is 16.1 Å². The zero-order valence-electron chi connectivity index (χ0n) is 9.63. The molecule has 6 nitrogen and oxygen atoms in total. The zero-order valence-corrected chi connectivity index (χ0v) is 9.63. The van der Waals surface area contributed by atoms with Gasteiger partial charge < -0.3 is 10.7 Å². The number of nitrogens with one attached hydrogen (secondary N) is 2. The molecule has 0 bridgehead atoms. The smallest absolute Gasteiger partial charge is 0.253 e. The first-order valence-corrected chi connectivity index (χ1v) is 5.40. The topological polar surface area (TPSA) is 92.9 Å². The molecule has 0 aliphatic heterocycles. The summed E-state index contributed by atoms with van der Waals surface area (Å²) in [5.74, 6) is 5.14. The molecule has 0 radical (unpaired) electrons. The maximum absolute atomic E-state index is 11.9.